The number of nitriles is 1. The zero-order valence-electron chi connectivity index (χ0n) is 10.9. The fourth-order valence-electron chi connectivity index (χ4n) is 1.32. The van der Waals surface area contributed by atoms with Gasteiger partial charge in [-0.3, -0.25) is 0 Å². The van der Waals surface area contributed by atoms with Crippen molar-refractivity contribution in [1.29, 1.82) is 5.26 Å². The molecule has 0 bridgehead atoms. The Hall–Kier alpha value is -2.09. The normalized spacial score (nSPS) is 10.0. The van der Waals surface area contributed by atoms with E-state index in [9.17, 15) is 4.79 Å². The summed E-state index contributed by atoms with van der Waals surface area (Å²) in [6.07, 6.45) is 0.385. The van der Waals surface area contributed by atoms with Crippen molar-refractivity contribution in [1.82, 2.24) is 20.3 Å². The van der Waals surface area contributed by atoms with Crippen LogP contribution in [0.15, 0.2) is 17.4 Å². The summed E-state index contributed by atoms with van der Waals surface area (Å²) in [5.74, 6) is 0.926. The Labute approximate surface area is 138 Å². The number of rotatable bonds is 6. The number of anilines is 2. The molecule has 0 aliphatic rings. The molecule has 0 spiro atoms. The van der Waals surface area contributed by atoms with E-state index >= 15 is 0 Å². The molecule has 2 aromatic heterocycles. The molecule has 8 nitrogen and oxygen atoms in total. The number of carboxylic acid groups (broad SMARTS) is 1. The monoisotopic (exact) mass is 356 g/mol. The van der Waals surface area contributed by atoms with Gasteiger partial charge in [0.15, 0.2) is 10.3 Å². The summed E-state index contributed by atoms with van der Waals surface area (Å²) in [5.41, 5.74) is 0. The standard InChI is InChI=1S/C11H9ClN6O2S2/c12-7-3-8(17-9-15-5-6(4-13)22-9)18-10(16-7)21-2-1-14-11(19)20/h3,5,14H,1-2H2,(H,19,20)(H,15,16,17,18). The summed E-state index contributed by atoms with van der Waals surface area (Å²) in [7, 11) is 0. The summed E-state index contributed by atoms with van der Waals surface area (Å²) in [6.45, 7) is 0.274. The van der Waals surface area contributed by atoms with Gasteiger partial charge < -0.3 is 15.7 Å². The van der Waals surface area contributed by atoms with Gasteiger partial charge in [0.05, 0.1) is 6.20 Å². The van der Waals surface area contributed by atoms with E-state index in [0.29, 0.717) is 26.7 Å². The van der Waals surface area contributed by atoms with Gasteiger partial charge in [-0.05, 0) is 0 Å². The topological polar surface area (TPSA) is 124 Å². The first-order valence-electron chi connectivity index (χ1n) is 5.84. The lowest BCUT2D eigenvalue weighted by molar-refractivity contribution is 0.195. The van der Waals surface area contributed by atoms with Crippen molar-refractivity contribution in [2.24, 2.45) is 0 Å². The van der Waals surface area contributed by atoms with E-state index in [1.54, 1.807) is 0 Å². The molecular weight excluding hydrogens is 348 g/mol. The van der Waals surface area contributed by atoms with Crippen LogP contribution in [0.2, 0.25) is 5.15 Å². The van der Waals surface area contributed by atoms with Gasteiger partial charge in [0.25, 0.3) is 0 Å². The number of carbonyl (C=O) groups is 1. The third-order valence-corrected chi connectivity index (χ3v) is 3.99. The Morgan fingerprint density at radius 1 is 1.55 bits per heavy atom. The summed E-state index contributed by atoms with van der Waals surface area (Å²) in [5, 5.41) is 23.6. The predicted molar refractivity (Wildman–Crippen MR) is 83.9 cm³/mol. The minimum absolute atomic E-state index is 0.253. The SMILES string of the molecule is N#Cc1cnc(Nc2cc(Cl)nc(SCCNC(=O)O)n2)s1. The van der Waals surface area contributed by atoms with Crippen LogP contribution in [0, 0.1) is 11.3 Å². The highest BCUT2D eigenvalue weighted by molar-refractivity contribution is 7.99. The van der Waals surface area contributed by atoms with Crippen molar-refractivity contribution < 1.29 is 9.90 Å². The lowest BCUT2D eigenvalue weighted by Crippen LogP contribution is -2.23. The highest BCUT2D eigenvalue weighted by atomic mass is 35.5. The summed E-state index contributed by atoms with van der Waals surface area (Å²) >= 11 is 8.39. The van der Waals surface area contributed by atoms with Gasteiger partial charge in [-0.1, -0.05) is 34.7 Å². The average Bonchev–Trinajstić information content (AvgIpc) is 2.90. The molecule has 2 aromatic rings. The van der Waals surface area contributed by atoms with E-state index in [0.717, 1.165) is 0 Å². The first-order valence-corrected chi connectivity index (χ1v) is 8.02. The maximum atomic E-state index is 10.3. The Morgan fingerprint density at radius 3 is 3.05 bits per heavy atom. The van der Waals surface area contributed by atoms with Crippen LogP contribution >= 0.6 is 34.7 Å². The van der Waals surface area contributed by atoms with Crippen LogP contribution in [0.3, 0.4) is 0 Å². The van der Waals surface area contributed by atoms with E-state index in [4.69, 9.17) is 22.0 Å². The molecule has 0 unspecified atom stereocenters. The highest BCUT2D eigenvalue weighted by Gasteiger charge is 2.07. The molecule has 0 aliphatic carbocycles. The first-order chi connectivity index (χ1) is 10.6. The van der Waals surface area contributed by atoms with Crippen molar-refractivity contribution in [3.63, 3.8) is 0 Å². The molecule has 0 radical (unpaired) electrons. The molecule has 0 aromatic carbocycles. The van der Waals surface area contributed by atoms with Crippen LogP contribution in [-0.4, -0.2) is 38.4 Å². The molecule has 22 heavy (non-hydrogen) atoms. The number of amides is 1. The summed E-state index contributed by atoms with van der Waals surface area (Å²) in [6, 6.07) is 3.53. The van der Waals surface area contributed by atoms with Crippen LogP contribution in [0.1, 0.15) is 4.88 Å². The highest BCUT2D eigenvalue weighted by Crippen LogP contribution is 2.24. The van der Waals surface area contributed by atoms with Crippen LogP contribution in [0.5, 0.6) is 0 Å². The van der Waals surface area contributed by atoms with Gasteiger partial charge in [0.1, 0.15) is 21.9 Å². The number of nitrogens with zero attached hydrogens (tertiary/aromatic N) is 4. The fraction of sp³-hybridized carbons (Fsp3) is 0.182. The molecule has 0 saturated heterocycles. The van der Waals surface area contributed by atoms with Gasteiger partial charge in [0.2, 0.25) is 0 Å². The second kappa shape index (κ2) is 7.79. The van der Waals surface area contributed by atoms with Gasteiger partial charge in [-0.25, -0.2) is 19.7 Å². The number of thiazole rings is 1. The van der Waals surface area contributed by atoms with Gasteiger partial charge in [-0.15, -0.1) is 0 Å². The number of hydrogen-bond donors (Lipinski definition) is 3. The summed E-state index contributed by atoms with van der Waals surface area (Å²) < 4.78 is 0. The van der Waals surface area contributed by atoms with Crippen molar-refractivity contribution in [3.8, 4) is 6.07 Å². The Balaban J connectivity index is 2.00. The summed E-state index contributed by atoms with van der Waals surface area (Å²) in [4.78, 5) is 23.1. The van der Waals surface area contributed by atoms with E-state index < -0.39 is 6.09 Å². The van der Waals surface area contributed by atoms with Crippen molar-refractivity contribution in [2.45, 2.75) is 5.16 Å². The minimum Gasteiger partial charge on any atom is -0.465 e. The van der Waals surface area contributed by atoms with Gasteiger partial charge >= 0.3 is 6.09 Å². The zero-order chi connectivity index (χ0) is 15.9. The Kier molecular flexibility index (Phi) is 5.76. The predicted octanol–water partition coefficient (Wildman–Crippen LogP) is 2.56. The molecule has 0 fully saturated rings. The second-order valence-electron chi connectivity index (χ2n) is 3.71. The van der Waals surface area contributed by atoms with Crippen molar-refractivity contribution in [2.75, 3.05) is 17.6 Å². The Bertz CT molecular complexity index is 717. The zero-order valence-corrected chi connectivity index (χ0v) is 13.3. The number of thioether (sulfide) groups is 1. The molecule has 11 heteroatoms. The van der Waals surface area contributed by atoms with Crippen LogP contribution in [0.4, 0.5) is 15.7 Å². The average molecular weight is 357 g/mol. The lowest BCUT2D eigenvalue weighted by atomic mass is 10.6. The van der Waals surface area contributed by atoms with Gasteiger partial charge in [-0.2, -0.15) is 5.26 Å². The van der Waals surface area contributed by atoms with Crippen LogP contribution < -0.4 is 10.6 Å². The molecule has 2 rings (SSSR count). The quantitative estimate of drug-likeness (QED) is 0.312. The fourth-order valence-corrected chi connectivity index (χ4v) is 2.89. The number of hydrogen-bond acceptors (Lipinski definition) is 8. The maximum Gasteiger partial charge on any atom is 0.404 e. The molecule has 2 heterocycles. The Morgan fingerprint density at radius 2 is 2.36 bits per heavy atom. The molecule has 0 aliphatic heterocycles. The van der Waals surface area contributed by atoms with Crippen LogP contribution in [0.25, 0.3) is 0 Å². The lowest BCUT2D eigenvalue weighted by Gasteiger charge is -2.05. The molecule has 3 N–H and O–H groups in total. The molecule has 114 valence electrons. The van der Waals surface area contributed by atoms with Gasteiger partial charge in [0, 0.05) is 18.4 Å². The van der Waals surface area contributed by atoms with E-state index in [1.165, 1.54) is 35.4 Å². The van der Waals surface area contributed by atoms with Crippen LogP contribution in [-0.2, 0) is 0 Å². The van der Waals surface area contributed by atoms with Crippen molar-refractivity contribution in [3.05, 3.63) is 22.3 Å². The molecular formula is C11H9ClN6O2S2. The first kappa shape index (κ1) is 16.3. The number of aromatic nitrogens is 3. The van der Waals surface area contributed by atoms with E-state index in [2.05, 4.69) is 25.6 Å². The molecule has 0 atom stereocenters. The third kappa shape index (κ3) is 5.03. The maximum absolute atomic E-state index is 10.3. The smallest absolute Gasteiger partial charge is 0.404 e. The molecule has 1 amide bonds. The second-order valence-corrected chi connectivity index (χ2v) is 6.19. The van der Waals surface area contributed by atoms with Crippen molar-refractivity contribution >= 4 is 51.7 Å². The largest absolute Gasteiger partial charge is 0.465 e. The molecule has 0 saturated carbocycles. The van der Waals surface area contributed by atoms with E-state index in [1.807, 2.05) is 6.07 Å². The minimum atomic E-state index is -1.08. The third-order valence-electron chi connectivity index (χ3n) is 2.13. The number of nitrogens with one attached hydrogen (secondary N) is 2. The van der Waals surface area contributed by atoms with E-state index in [-0.39, 0.29) is 11.7 Å². The number of halogens is 1.